The van der Waals surface area contributed by atoms with Crippen molar-refractivity contribution in [2.75, 3.05) is 32.7 Å². The first-order chi connectivity index (χ1) is 14.2. The quantitative estimate of drug-likeness (QED) is 0.602. The molecular formula is C23H27N3O2S. The highest BCUT2D eigenvalue weighted by atomic mass is 32.1. The summed E-state index contributed by atoms with van der Waals surface area (Å²) in [7, 11) is 0. The van der Waals surface area contributed by atoms with Crippen molar-refractivity contribution in [3.8, 4) is 10.8 Å². The van der Waals surface area contributed by atoms with Gasteiger partial charge >= 0.3 is 0 Å². The van der Waals surface area contributed by atoms with Crippen LogP contribution in [0.5, 0.6) is 0 Å². The number of carbonyl (C=O) groups is 1. The maximum atomic E-state index is 13.1. The molecule has 1 aliphatic heterocycles. The zero-order valence-corrected chi connectivity index (χ0v) is 17.7. The molecule has 4 rings (SSSR count). The molecule has 1 fully saturated rings. The SMILES string of the molecule is Cc1oc(-c2cccs2)nc1C(=O)N1CCCN(CCCc2ccccc2)CC1. The minimum atomic E-state index is -0.0137. The lowest BCUT2D eigenvalue weighted by Gasteiger charge is -2.21. The van der Waals surface area contributed by atoms with E-state index in [0.717, 1.165) is 56.9 Å². The van der Waals surface area contributed by atoms with Crippen molar-refractivity contribution in [3.63, 3.8) is 0 Å². The van der Waals surface area contributed by atoms with Crippen molar-refractivity contribution >= 4 is 17.2 Å². The van der Waals surface area contributed by atoms with Gasteiger partial charge in [-0.25, -0.2) is 4.98 Å². The second-order valence-corrected chi connectivity index (χ2v) is 8.43. The van der Waals surface area contributed by atoms with E-state index in [4.69, 9.17) is 4.42 Å². The minimum Gasteiger partial charge on any atom is -0.440 e. The highest BCUT2D eigenvalue weighted by Crippen LogP contribution is 2.26. The first kappa shape index (κ1) is 19.9. The van der Waals surface area contributed by atoms with Crippen LogP contribution in [0.15, 0.2) is 52.3 Å². The van der Waals surface area contributed by atoms with Gasteiger partial charge in [0.2, 0.25) is 5.89 Å². The van der Waals surface area contributed by atoms with Gasteiger partial charge in [0.05, 0.1) is 4.88 Å². The van der Waals surface area contributed by atoms with Gasteiger partial charge in [-0.3, -0.25) is 4.79 Å². The van der Waals surface area contributed by atoms with Gasteiger partial charge in [0.1, 0.15) is 5.76 Å². The monoisotopic (exact) mass is 409 g/mol. The summed E-state index contributed by atoms with van der Waals surface area (Å²) in [5.41, 5.74) is 1.84. The van der Waals surface area contributed by atoms with Crippen LogP contribution in [0.1, 0.15) is 34.7 Å². The molecule has 1 saturated heterocycles. The molecule has 1 aromatic carbocycles. The van der Waals surface area contributed by atoms with Gasteiger partial charge in [-0.2, -0.15) is 0 Å². The summed E-state index contributed by atoms with van der Waals surface area (Å²) in [6.07, 6.45) is 3.24. The van der Waals surface area contributed by atoms with Crippen molar-refractivity contribution < 1.29 is 9.21 Å². The Morgan fingerprint density at radius 2 is 1.97 bits per heavy atom. The molecule has 3 aromatic rings. The minimum absolute atomic E-state index is 0.0137. The van der Waals surface area contributed by atoms with Crippen LogP contribution in [0, 0.1) is 6.92 Å². The van der Waals surface area contributed by atoms with E-state index in [9.17, 15) is 4.79 Å². The number of aryl methyl sites for hydroxylation is 2. The Balaban J connectivity index is 1.32. The average molecular weight is 410 g/mol. The smallest absolute Gasteiger partial charge is 0.276 e. The summed E-state index contributed by atoms with van der Waals surface area (Å²) in [4.78, 5) is 22.9. The van der Waals surface area contributed by atoms with Crippen LogP contribution in [0.3, 0.4) is 0 Å². The van der Waals surface area contributed by atoms with Crippen LogP contribution in [0.25, 0.3) is 10.8 Å². The number of oxazole rings is 1. The maximum absolute atomic E-state index is 13.1. The summed E-state index contributed by atoms with van der Waals surface area (Å²) in [6.45, 7) is 6.36. The molecule has 5 nitrogen and oxygen atoms in total. The lowest BCUT2D eigenvalue weighted by atomic mass is 10.1. The summed E-state index contributed by atoms with van der Waals surface area (Å²) < 4.78 is 5.76. The van der Waals surface area contributed by atoms with Crippen LogP contribution in [0.2, 0.25) is 0 Å². The van der Waals surface area contributed by atoms with Crippen molar-refractivity contribution in [1.82, 2.24) is 14.8 Å². The number of amides is 1. The predicted molar refractivity (Wildman–Crippen MR) is 116 cm³/mol. The number of aromatic nitrogens is 1. The van der Waals surface area contributed by atoms with Gasteiger partial charge in [-0.15, -0.1) is 11.3 Å². The Labute approximate surface area is 176 Å². The third-order valence-corrected chi connectivity index (χ3v) is 6.25. The Morgan fingerprint density at radius 3 is 2.76 bits per heavy atom. The normalized spacial score (nSPS) is 15.4. The molecule has 0 saturated carbocycles. The molecule has 0 atom stereocenters. The topological polar surface area (TPSA) is 49.6 Å². The van der Waals surface area contributed by atoms with Gasteiger partial charge in [-0.1, -0.05) is 36.4 Å². The van der Waals surface area contributed by atoms with Gasteiger partial charge in [-0.05, 0) is 56.3 Å². The molecule has 0 N–H and O–H groups in total. The van der Waals surface area contributed by atoms with Crippen molar-refractivity contribution in [1.29, 1.82) is 0 Å². The first-order valence-corrected chi connectivity index (χ1v) is 11.2. The summed E-state index contributed by atoms with van der Waals surface area (Å²) in [5.74, 6) is 1.13. The van der Waals surface area contributed by atoms with Gasteiger partial charge in [0.15, 0.2) is 5.69 Å². The molecular weight excluding hydrogens is 382 g/mol. The molecule has 6 heteroatoms. The van der Waals surface area contributed by atoms with E-state index < -0.39 is 0 Å². The second kappa shape index (κ2) is 9.37. The lowest BCUT2D eigenvalue weighted by molar-refractivity contribution is 0.0754. The molecule has 0 radical (unpaired) electrons. The van der Waals surface area contributed by atoms with E-state index in [0.29, 0.717) is 17.3 Å². The zero-order valence-electron chi connectivity index (χ0n) is 16.8. The Morgan fingerprint density at radius 1 is 1.10 bits per heavy atom. The zero-order chi connectivity index (χ0) is 20.1. The number of thiophene rings is 1. The molecule has 29 heavy (non-hydrogen) atoms. The highest BCUT2D eigenvalue weighted by Gasteiger charge is 2.25. The summed E-state index contributed by atoms with van der Waals surface area (Å²) >= 11 is 1.57. The van der Waals surface area contributed by atoms with E-state index in [2.05, 4.69) is 40.2 Å². The Kier molecular flexibility index (Phi) is 6.42. The third kappa shape index (κ3) is 4.95. The molecule has 3 heterocycles. The Bertz CT molecular complexity index is 921. The third-order valence-electron chi connectivity index (χ3n) is 5.39. The second-order valence-electron chi connectivity index (χ2n) is 7.48. The number of rotatable bonds is 6. The fourth-order valence-electron chi connectivity index (χ4n) is 3.80. The molecule has 1 amide bonds. The molecule has 0 spiro atoms. The van der Waals surface area contributed by atoms with Crippen LogP contribution < -0.4 is 0 Å². The van der Waals surface area contributed by atoms with E-state index in [1.165, 1.54) is 5.56 Å². The summed E-state index contributed by atoms with van der Waals surface area (Å²) in [6, 6.07) is 14.6. The molecule has 0 aliphatic carbocycles. The van der Waals surface area contributed by atoms with Gasteiger partial charge < -0.3 is 14.2 Å². The van der Waals surface area contributed by atoms with Gasteiger partial charge in [0.25, 0.3) is 5.91 Å². The fourth-order valence-corrected chi connectivity index (χ4v) is 4.45. The van der Waals surface area contributed by atoms with Crippen molar-refractivity contribution in [2.45, 2.75) is 26.2 Å². The van der Waals surface area contributed by atoms with E-state index in [1.807, 2.05) is 29.3 Å². The number of hydrogen-bond acceptors (Lipinski definition) is 5. The van der Waals surface area contributed by atoms with E-state index >= 15 is 0 Å². The molecule has 152 valence electrons. The molecule has 2 aromatic heterocycles. The average Bonchev–Trinajstić information content (AvgIpc) is 3.34. The maximum Gasteiger partial charge on any atom is 0.276 e. The first-order valence-electron chi connectivity index (χ1n) is 10.3. The number of hydrogen-bond donors (Lipinski definition) is 0. The van der Waals surface area contributed by atoms with Crippen molar-refractivity contribution in [2.24, 2.45) is 0 Å². The standard InChI is InChI=1S/C23H27N3O2S/c1-18-21(24-22(28-18)20-11-6-17-29-20)23(27)26-14-7-13-25(15-16-26)12-5-10-19-8-3-2-4-9-19/h2-4,6,8-9,11,17H,5,7,10,12-16H2,1H3. The van der Waals surface area contributed by atoms with Crippen molar-refractivity contribution in [3.05, 3.63) is 64.9 Å². The largest absolute Gasteiger partial charge is 0.440 e. The van der Waals surface area contributed by atoms with Crippen LogP contribution in [-0.4, -0.2) is 53.4 Å². The van der Waals surface area contributed by atoms with Crippen LogP contribution >= 0.6 is 11.3 Å². The number of nitrogens with zero attached hydrogens (tertiary/aromatic N) is 3. The van der Waals surface area contributed by atoms with Gasteiger partial charge in [0, 0.05) is 19.6 Å². The highest BCUT2D eigenvalue weighted by molar-refractivity contribution is 7.13. The number of benzene rings is 1. The van der Waals surface area contributed by atoms with Crippen LogP contribution in [0.4, 0.5) is 0 Å². The molecule has 0 bridgehead atoms. The summed E-state index contributed by atoms with van der Waals surface area (Å²) in [5, 5.41) is 1.98. The number of carbonyl (C=O) groups excluding carboxylic acids is 1. The van der Waals surface area contributed by atoms with Crippen LogP contribution in [-0.2, 0) is 6.42 Å². The van der Waals surface area contributed by atoms with E-state index in [1.54, 1.807) is 11.3 Å². The fraction of sp³-hybridized carbons (Fsp3) is 0.391. The Hall–Kier alpha value is -2.44. The molecule has 1 aliphatic rings. The lowest BCUT2D eigenvalue weighted by Crippen LogP contribution is -2.36. The predicted octanol–water partition coefficient (Wildman–Crippen LogP) is 4.49. The molecule has 0 unspecified atom stereocenters. The van der Waals surface area contributed by atoms with E-state index in [-0.39, 0.29) is 5.91 Å².